The van der Waals surface area contributed by atoms with Crippen molar-refractivity contribution < 1.29 is 4.74 Å². The van der Waals surface area contributed by atoms with Crippen LogP contribution in [0.1, 0.15) is 11.3 Å². The normalized spacial score (nSPS) is 13.8. The van der Waals surface area contributed by atoms with Gasteiger partial charge in [0.15, 0.2) is 0 Å². The van der Waals surface area contributed by atoms with Crippen molar-refractivity contribution in [2.24, 2.45) is 0 Å². The minimum Gasteiger partial charge on any atom is -0.376 e. The summed E-state index contributed by atoms with van der Waals surface area (Å²) in [6, 6.07) is 5.72. The molecule has 0 aliphatic carbocycles. The largest absolute Gasteiger partial charge is 0.376 e. The van der Waals surface area contributed by atoms with Crippen molar-refractivity contribution in [3.8, 4) is 21.8 Å². The lowest BCUT2D eigenvalue weighted by molar-refractivity contribution is 0.109. The number of fused-ring (bicyclic) bond motifs is 1. The van der Waals surface area contributed by atoms with Crippen LogP contribution < -0.4 is 5.56 Å². The van der Waals surface area contributed by atoms with Crippen molar-refractivity contribution in [3.63, 3.8) is 0 Å². The average Bonchev–Trinajstić information content (AvgIpc) is 3.05. The van der Waals surface area contributed by atoms with Crippen molar-refractivity contribution in [1.82, 2.24) is 15.0 Å². The van der Waals surface area contributed by atoms with Gasteiger partial charge in [-0.25, -0.2) is 4.98 Å². The van der Waals surface area contributed by atoms with Gasteiger partial charge in [-0.2, -0.15) is 0 Å². The summed E-state index contributed by atoms with van der Waals surface area (Å²) in [4.78, 5) is 23.9. The maximum absolute atomic E-state index is 12.3. The average molecular weight is 311 g/mol. The highest BCUT2D eigenvalue weighted by Crippen LogP contribution is 2.28. The number of hydrogen-bond donors (Lipinski definition) is 1. The molecule has 4 rings (SSSR count). The van der Waals surface area contributed by atoms with E-state index >= 15 is 0 Å². The van der Waals surface area contributed by atoms with E-state index in [1.54, 1.807) is 12.4 Å². The van der Waals surface area contributed by atoms with Gasteiger partial charge in [-0.05, 0) is 23.8 Å². The number of pyridine rings is 2. The summed E-state index contributed by atoms with van der Waals surface area (Å²) < 4.78 is 5.45. The van der Waals surface area contributed by atoms with E-state index in [1.165, 1.54) is 11.3 Å². The molecule has 3 aromatic rings. The Balaban J connectivity index is 1.77. The number of nitrogens with one attached hydrogen (secondary N) is 1. The number of aromatic nitrogens is 3. The maximum atomic E-state index is 12.3. The summed E-state index contributed by atoms with van der Waals surface area (Å²) in [5.74, 6) is 0. The van der Waals surface area contributed by atoms with Crippen molar-refractivity contribution in [2.45, 2.75) is 13.0 Å². The summed E-state index contributed by atoms with van der Waals surface area (Å²) >= 11 is 1.52. The summed E-state index contributed by atoms with van der Waals surface area (Å²) in [5.41, 5.74) is 4.23. The zero-order valence-electron chi connectivity index (χ0n) is 11.7. The van der Waals surface area contributed by atoms with Gasteiger partial charge in [0.05, 0.1) is 24.5 Å². The van der Waals surface area contributed by atoms with E-state index < -0.39 is 0 Å². The third kappa shape index (κ3) is 2.36. The molecule has 22 heavy (non-hydrogen) atoms. The standard InChI is InChI=1S/C16H13N3O2S/c20-15-12(7-11-8-21-6-3-13(11)18-15)14-9-22-16(19-14)10-1-4-17-5-2-10/h1-2,4-5,7,9H,3,6,8H2,(H,18,20). The third-order valence-electron chi connectivity index (χ3n) is 3.68. The van der Waals surface area contributed by atoms with Crippen LogP contribution in [0.25, 0.3) is 21.8 Å². The molecule has 0 aromatic carbocycles. The van der Waals surface area contributed by atoms with Crippen LogP contribution >= 0.6 is 11.3 Å². The summed E-state index contributed by atoms with van der Waals surface area (Å²) in [7, 11) is 0. The number of hydrogen-bond acceptors (Lipinski definition) is 5. The van der Waals surface area contributed by atoms with E-state index in [1.807, 2.05) is 23.6 Å². The van der Waals surface area contributed by atoms with Crippen molar-refractivity contribution in [3.05, 3.63) is 57.6 Å². The van der Waals surface area contributed by atoms with E-state index in [-0.39, 0.29) is 5.56 Å². The Labute approximate surface area is 130 Å². The molecule has 0 radical (unpaired) electrons. The van der Waals surface area contributed by atoms with Gasteiger partial charge in [0.1, 0.15) is 5.01 Å². The molecule has 0 unspecified atom stereocenters. The maximum Gasteiger partial charge on any atom is 0.257 e. The molecule has 0 spiro atoms. The Hall–Kier alpha value is -2.31. The molecule has 5 nitrogen and oxygen atoms in total. The second kappa shape index (κ2) is 5.47. The van der Waals surface area contributed by atoms with Gasteiger partial charge >= 0.3 is 0 Å². The predicted molar refractivity (Wildman–Crippen MR) is 84.8 cm³/mol. The smallest absolute Gasteiger partial charge is 0.257 e. The summed E-state index contributed by atoms with van der Waals surface area (Å²) in [6.45, 7) is 1.20. The first kappa shape index (κ1) is 13.4. The van der Waals surface area contributed by atoms with Gasteiger partial charge in [-0.1, -0.05) is 0 Å². The highest BCUT2D eigenvalue weighted by molar-refractivity contribution is 7.13. The highest BCUT2D eigenvalue weighted by Gasteiger charge is 2.16. The first-order valence-electron chi connectivity index (χ1n) is 7.00. The van der Waals surface area contributed by atoms with E-state index in [0.29, 0.717) is 24.5 Å². The predicted octanol–water partition coefficient (Wildman–Crippen LogP) is 2.63. The van der Waals surface area contributed by atoms with Crippen LogP contribution in [0, 0.1) is 0 Å². The molecule has 110 valence electrons. The lowest BCUT2D eigenvalue weighted by Gasteiger charge is -2.16. The van der Waals surface area contributed by atoms with Crippen LogP contribution in [0.15, 0.2) is 40.8 Å². The van der Waals surface area contributed by atoms with Crippen LogP contribution in [-0.2, 0) is 17.8 Å². The van der Waals surface area contributed by atoms with E-state index in [9.17, 15) is 4.79 Å². The van der Waals surface area contributed by atoms with Crippen LogP contribution in [0.2, 0.25) is 0 Å². The van der Waals surface area contributed by atoms with Gasteiger partial charge in [-0.15, -0.1) is 11.3 Å². The van der Waals surface area contributed by atoms with E-state index in [2.05, 4.69) is 15.0 Å². The van der Waals surface area contributed by atoms with Crippen molar-refractivity contribution >= 4 is 11.3 Å². The molecule has 1 aliphatic rings. The zero-order valence-corrected chi connectivity index (χ0v) is 12.5. The minimum absolute atomic E-state index is 0.0905. The Morgan fingerprint density at radius 1 is 1.27 bits per heavy atom. The second-order valence-corrected chi connectivity index (χ2v) is 5.95. The van der Waals surface area contributed by atoms with Gasteiger partial charge in [0.2, 0.25) is 0 Å². The number of ether oxygens (including phenoxy) is 1. The monoisotopic (exact) mass is 311 g/mol. The number of nitrogens with zero attached hydrogens (tertiary/aromatic N) is 2. The lowest BCUT2D eigenvalue weighted by Crippen LogP contribution is -2.19. The van der Waals surface area contributed by atoms with Gasteiger partial charge in [-0.3, -0.25) is 9.78 Å². The number of rotatable bonds is 2. The molecule has 1 aliphatic heterocycles. The molecule has 3 aromatic heterocycles. The molecule has 0 amide bonds. The van der Waals surface area contributed by atoms with Crippen LogP contribution in [0.5, 0.6) is 0 Å². The second-order valence-electron chi connectivity index (χ2n) is 5.09. The van der Waals surface area contributed by atoms with Crippen molar-refractivity contribution in [1.29, 1.82) is 0 Å². The topological polar surface area (TPSA) is 67.9 Å². The minimum atomic E-state index is -0.0905. The van der Waals surface area contributed by atoms with E-state index in [4.69, 9.17) is 4.74 Å². The molecule has 0 fully saturated rings. The Bertz CT molecular complexity index is 871. The van der Waals surface area contributed by atoms with Crippen LogP contribution in [0.3, 0.4) is 0 Å². The molecular weight excluding hydrogens is 298 g/mol. The lowest BCUT2D eigenvalue weighted by atomic mass is 10.1. The molecule has 0 saturated heterocycles. The quantitative estimate of drug-likeness (QED) is 0.790. The van der Waals surface area contributed by atoms with Gasteiger partial charge in [0.25, 0.3) is 5.56 Å². The van der Waals surface area contributed by atoms with Crippen molar-refractivity contribution in [2.75, 3.05) is 6.61 Å². The van der Waals surface area contributed by atoms with E-state index in [0.717, 1.165) is 28.2 Å². The molecular formula is C16H13N3O2S. The number of thiazole rings is 1. The Morgan fingerprint density at radius 3 is 3.00 bits per heavy atom. The first-order chi connectivity index (χ1) is 10.8. The number of aromatic amines is 1. The molecule has 0 saturated carbocycles. The molecule has 1 N–H and O–H groups in total. The fraction of sp³-hybridized carbons (Fsp3) is 0.188. The van der Waals surface area contributed by atoms with Crippen LogP contribution in [0.4, 0.5) is 0 Å². The van der Waals surface area contributed by atoms with Crippen LogP contribution in [-0.4, -0.2) is 21.6 Å². The molecule has 0 atom stereocenters. The molecule has 6 heteroatoms. The summed E-state index contributed by atoms with van der Waals surface area (Å²) in [5, 5.41) is 2.79. The van der Waals surface area contributed by atoms with Gasteiger partial charge < -0.3 is 9.72 Å². The Morgan fingerprint density at radius 2 is 2.14 bits per heavy atom. The summed E-state index contributed by atoms with van der Waals surface area (Å²) in [6.07, 6.45) is 4.23. The Kier molecular flexibility index (Phi) is 3.32. The molecule has 4 heterocycles. The fourth-order valence-corrected chi connectivity index (χ4v) is 3.36. The first-order valence-corrected chi connectivity index (χ1v) is 7.88. The fourth-order valence-electron chi connectivity index (χ4n) is 2.53. The van der Waals surface area contributed by atoms with Gasteiger partial charge in [0, 0.05) is 35.5 Å². The number of H-pyrrole nitrogens is 1. The third-order valence-corrected chi connectivity index (χ3v) is 4.57. The molecule has 0 bridgehead atoms. The highest BCUT2D eigenvalue weighted by atomic mass is 32.1. The zero-order chi connectivity index (χ0) is 14.9. The SMILES string of the molecule is O=c1[nH]c2c(cc1-c1csc(-c3ccncc3)n1)COCC2.